The number of hydrogen-bond acceptors (Lipinski definition) is 3. The van der Waals surface area contributed by atoms with E-state index in [1.807, 2.05) is 0 Å². The summed E-state index contributed by atoms with van der Waals surface area (Å²) in [5.74, 6) is 0. The van der Waals surface area contributed by atoms with Crippen molar-refractivity contribution in [3.63, 3.8) is 0 Å². The minimum atomic E-state index is -0.759. The molecular weight excluding hydrogens is 120 g/mol. The van der Waals surface area contributed by atoms with E-state index in [4.69, 9.17) is 0 Å². The van der Waals surface area contributed by atoms with Gasteiger partial charge in [0.1, 0.15) is 6.61 Å². The summed E-state index contributed by atoms with van der Waals surface area (Å²) in [5, 5.41) is 0. The van der Waals surface area contributed by atoms with Gasteiger partial charge in [-0.2, -0.15) is 0 Å². The van der Waals surface area contributed by atoms with Gasteiger partial charge in [0.15, 0.2) is 0 Å². The zero-order valence-electron chi connectivity index (χ0n) is 5.00. The summed E-state index contributed by atoms with van der Waals surface area (Å²) in [6.07, 6.45) is 1.69. The molecule has 0 rings (SSSR count). The Kier molecular flexibility index (Phi) is 4.22. The van der Waals surface area contributed by atoms with E-state index in [1.165, 1.54) is 6.08 Å². The zero-order valence-corrected chi connectivity index (χ0v) is 5.00. The summed E-state index contributed by atoms with van der Waals surface area (Å²) >= 11 is 0. The van der Waals surface area contributed by atoms with Crippen LogP contribution in [0.2, 0.25) is 0 Å². The lowest BCUT2D eigenvalue weighted by atomic mass is 10.7. The second-order valence-electron chi connectivity index (χ2n) is 1.13. The molecule has 0 aliphatic rings. The number of hydrogen-bond donors (Lipinski definition) is 0. The second kappa shape index (κ2) is 4.90. The van der Waals surface area contributed by atoms with Crippen LogP contribution in [0.5, 0.6) is 0 Å². The summed E-state index contributed by atoms with van der Waals surface area (Å²) in [6, 6.07) is 0. The van der Waals surface area contributed by atoms with Crippen molar-refractivity contribution < 1.29 is 14.3 Å². The van der Waals surface area contributed by atoms with Crippen molar-refractivity contribution in [3.05, 3.63) is 25.5 Å². The Balaban J connectivity index is 3.26. The molecule has 0 N–H and O–H groups in total. The van der Waals surface area contributed by atoms with Gasteiger partial charge in [-0.3, -0.25) is 0 Å². The van der Waals surface area contributed by atoms with E-state index in [1.54, 1.807) is 0 Å². The number of ether oxygens (including phenoxy) is 2. The van der Waals surface area contributed by atoms with Gasteiger partial charge in [-0.1, -0.05) is 19.2 Å². The van der Waals surface area contributed by atoms with Gasteiger partial charge in [0.05, 0.1) is 6.26 Å². The molecule has 50 valence electrons. The summed E-state index contributed by atoms with van der Waals surface area (Å²) < 4.78 is 8.58. The van der Waals surface area contributed by atoms with Crippen molar-refractivity contribution >= 4 is 6.16 Å². The van der Waals surface area contributed by atoms with E-state index in [9.17, 15) is 4.79 Å². The molecule has 0 aromatic rings. The molecule has 0 amide bonds. The van der Waals surface area contributed by atoms with Gasteiger partial charge >= 0.3 is 6.16 Å². The summed E-state index contributed by atoms with van der Waals surface area (Å²) in [7, 11) is 0. The summed E-state index contributed by atoms with van der Waals surface area (Å²) in [4.78, 5) is 10.2. The molecule has 0 aromatic carbocycles. The van der Waals surface area contributed by atoms with Crippen LogP contribution in [0.1, 0.15) is 0 Å². The Morgan fingerprint density at radius 2 is 2.22 bits per heavy atom. The number of carbonyl (C=O) groups excluding carboxylic acids is 1. The van der Waals surface area contributed by atoms with E-state index in [0.29, 0.717) is 0 Å². The Bertz CT molecular complexity index is 117. The van der Waals surface area contributed by atoms with Crippen molar-refractivity contribution in [1.82, 2.24) is 0 Å². The van der Waals surface area contributed by atoms with Crippen LogP contribution in [0.4, 0.5) is 4.79 Å². The van der Waals surface area contributed by atoms with E-state index < -0.39 is 6.16 Å². The minimum Gasteiger partial charge on any atom is -0.430 e. The Labute approximate surface area is 53.6 Å². The van der Waals surface area contributed by atoms with Crippen molar-refractivity contribution in [2.45, 2.75) is 0 Å². The van der Waals surface area contributed by atoms with Crippen LogP contribution in [-0.4, -0.2) is 12.8 Å². The molecule has 3 heteroatoms. The minimum absolute atomic E-state index is 0.159. The lowest BCUT2D eigenvalue weighted by Gasteiger charge is -1.96. The smallest absolute Gasteiger partial charge is 0.430 e. The summed E-state index contributed by atoms with van der Waals surface area (Å²) in [6.45, 7) is 6.65. The van der Waals surface area contributed by atoms with Gasteiger partial charge in [0, 0.05) is 0 Å². The molecular formula is C6H8O3. The van der Waals surface area contributed by atoms with Gasteiger partial charge < -0.3 is 9.47 Å². The first-order valence-corrected chi connectivity index (χ1v) is 2.36. The highest BCUT2D eigenvalue weighted by atomic mass is 16.7. The molecule has 0 atom stereocenters. The van der Waals surface area contributed by atoms with E-state index in [2.05, 4.69) is 22.6 Å². The average Bonchev–Trinajstić information content (AvgIpc) is 1.85. The third kappa shape index (κ3) is 4.61. The van der Waals surface area contributed by atoms with Crippen LogP contribution in [0.15, 0.2) is 25.5 Å². The Morgan fingerprint density at radius 3 is 2.67 bits per heavy atom. The first kappa shape index (κ1) is 7.75. The molecule has 0 unspecified atom stereocenters. The average molecular weight is 128 g/mol. The number of rotatable bonds is 3. The van der Waals surface area contributed by atoms with E-state index in [0.717, 1.165) is 6.26 Å². The lowest BCUT2D eigenvalue weighted by molar-refractivity contribution is 0.0947. The second-order valence-corrected chi connectivity index (χ2v) is 1.13. The molecule has 0 saturated heterocycles. The highest BCUT2D eigenvalue weighted by Crippen LogP contribution is 1.83. The van der Waals surface area contributed by atoms with Gasteiger partial charge in [-0.05, 0) is 0 Å². The fourth-order valence-corrected chi connectivity index (χ4v) is 0.229. The van der Waals surface area contributed by atoms with Gasteiger partial charge in [0.25, 0.3) is 0 Å². The maximum Gasteiger partial charge on any atom is 0.513 e. The van der Waals surface area contributed by atoms with E-state index >= 15 is 0 Å². The first-order valence-electron chi connectivity index (χ1n) is 2.36. The monoisotopic (exact) mass is 128 g/mol. The molecule has 0 aliphatic heterocycles. The largest absolute Gasteiger partial charge is 0.513 e. The Morgan fingerprint density at radius 1 is 1.56 bits per heavy atom. The predicted molar refractivity (Wildman–Crippen MR) is 32.8 cm³/mol. The summed E-state index contributed by atoms with van der Waals surface area (Å²) in [5.41, 5.74) is 0. The van der Waals surface area contributed by atoms with Crippen LogP contribution < -0.4 is 0 Å². The van der Waals surface area contributed by atoms with E-state index in [-0.39, 0.29) is 6.61 Å². The first-order chi connectivity index (χ1) is 4.31. The molecule has 3 nitrogen and oxygen atoms in total. The molecule has 0 heterocycles. The van der Waals surface area contributed by atoms with Crippen molar-refractivity contribution in [3.8, 4) is 0 Å². The van der Waals surface area contributed by atoms with Crippen molar-refractivity contribution in [2.75, 3.05) is 6.61 Å². The van der Waals surface area contributed by atoms with Crippen LogP contribution in [0.3, 0.4) is 0 Å². The lowest BCUT2D eigenvalue weighted by Crippen LogP contribution is -2.02. The van der Waals surface area contributed by atoms with Crippen LogP contribution in [0.25, 0.3) is 0 Å². The van der Waals surface area contributed by atoms with Crippen molar-refractivity contribution in [1.29, 1.82) is 0 Å². The zero-order chi connectivity index (χ0) is 7.11. The van der Waals surface area contributed by atoms with Crippen LogP contribution in [-0.2, 0) is 9.47 Å². The normalized spacial score (nSPS) is 7.56. The topological polar surface area (TPSA) is 35.5 Å². The SMILES string of the molecule is C=CCOC(=O)OC=C. The highest BCUT2D eigenvalue weighted by Gasteiger charge is 1.95. The molecule has 9 heavy (non-hydrogen) atoms. The molecule has 0 bridgehead atoms. The molecule has 0 saturated carbocycles. The van der Waals surface area contributed by atoms with Crippen molar-refractivity contribution in [2.24, 2.45) is 0 Å². The molecule has 0 aromatic heterocycles. The predicted octanol–water partition coefficient (Wildman–Crippen LogP) is 1.47. The van der Waals surface area contributed by atoms with Crippen LogP contribution in [0, 0.1) is 0 Å². The molecule has 0 spiro atoms. The third-order valence-corrected chi connectivity index (χ3v) is 0.499. The fraction of sp³-hybridized carbons (Fsp3) is 0.167. The Hall–Kier alpha value is -1.25. The number of carbonyl (C=O) groups is 1. The maximum absolute atomic E-state index is 10.2. The quantitative estimate of drug-likeness (QED) is 0.328. The fourth-order valence-electron chi connectivity index (χ4n) is 0.229. The van der Waals surface area contributed by atoms with Gasteiger partial charge in [-0.25, -0.2) is 4.79 Å². The maximum atomic E-state index is 10.2. The van der Waals surface area contributed by atoms with Gasteiger partial charge in [0.2, 0.25) is 0 Å². The highest BCUT2D eigenvalue weighted by molar-refractivity contribution is 5.60. The molecule has 0 radical (unpaired) electrons. The molecule has 0 aliphatic carbocycles. The van der Waals surface area contributed by atoms with Gasteiger partial charge in [-0.15, -0.1) is 0 Å². The third-order valence-electron chi connectivity index (χ3n) is 0.499. The van der Waals surface area contributed by atoms with Crippen LogP contribution >= 0.6 is 0 Å². The molecule has 0 fully saturated rings. The standard InChI is InChI=1S/C6H8O3/c1-3-5-9-6(7)8-4-2/h3-4H,1-2,5H2.